The number of carbonyl (C=O) groups excluding carboxylic acids is 2. The molecule has 1 unspecified atom stereocenters. The highest BCUT2D eigenvalue weighted by atomic mass is 16.7. The van der Waals surface area contributed by atoms with Crippen LogP contribution in [0, 0.1) is 5.92 Å². The van der Waals surface area contributed by atoms with Crippen LogP contribution in [0.1, 0.15) is 32.3 Å². The van der Waals surface area contributed by atoms with Gasteiger partial charge < -0.3 is 9.57 Å². The molecule has 0 saturated heterocycles. The summed E-state index contributed by atoms with van der Waals surface area (Å²) in [4.78, 5) is 29.6. The van der Waals surface area contributed by atoms with E-state index in [1.807, 2.05) is 44.2 Å². The smallest absolute Gasteiger partial charge is 0.339 e. The predicted octanol–water partition coefficient (Wildman–Crippen LogP) is 2.60. The van der Waals surface area contributed by atoms with E-state index in [1.54, 1.807) is 5.06 Å². The summed E-state index contributed by atoms with van der Waals surface area (Å²) in [6.07, 6.45) is 2.02. The van der Waals surface area contributed by atoms with Crippen molar-refractivity contribution >= 4 is 11.9 Å². The first-order chi connectivity index (χ1) is 10.6. The highest BCUT2D eigenvalue weighted by Gasteiger charge is 2.31. The van der Waals surface area contributed by atoms with Crippen LogP contribution in [0.25, 0.3) is 0 Å². The number of hydrogen-bond donors (Lipinski definition) is 0. The highest BCUT2D eigenvalue weighted by Crippen LogP contribution is 2.13. The van der Waals surface area contributed by atoms with Gasteiger partial charge >= 0.3 is 11.9 Å². The Balaban J connectivity index is 2.77. The molecule has 0 bridgehead atoms. The number of carbonyl (C=O) groups is 2. The fraction of sp³-hybridized carbons (Fsp3) is 0.529. The van der Waals surface area contributed by atoms with Gasteiger partial charge in [0.25, 0.3) is 0 Å². The van der Waals surface area contributed by atoms with Crippen LogP contribution in [0.5, 0.6) is 0 Å². The lowest BCUT2D eigenvalue weighted by Gasteiger charge is -2.22. The SMILES string of the molecule is CCCN(CCC)OC(=O)C(Cc1ccccc1)C(=O)OC. The number of esters is 1. The van der Waals surface area contributed by atoms with Crippen molar-refractivity contribution in [2.75, 3.05) is 20.2 Å². The number of nitrogens with zero attached hydrogens (tertiary/aromatic N) is 1. The highest BCUT2D eigenvalue weighted by molar-refractivity contribution is 5.95. The summed E-state index contributed by atoms with van der Waals surface area (Å²) < 4.78 is 4.75. The molecule has 1 atom stereocenters. The maximum atomic E-state index is 12.3. The molecular weight excluding hydrogens is 282 g/mol. The molecule has 0 aromatic heterocycles. The van der Waals surface area contributed by atoms with E-state index in [0.717, 1.165) is 18.4 Å². The first-order valence-electron chi connectivity index (χ1n) is 7.70. The number of methoxy groups -OCH3 is 1. The van der Waals surface area contributed by atoms with Crippen LogP contribution in [0.15, 0.2) is 30.3 Å². The molecular formula is C17H25NO4. The zero-order chi connectivity index (χ0) is 16.4. The van der Waals surface area contributed by atoms with Crippen LogP contribution in [-0.2, 0) is 25.6 Å². The number of hydroxylamine groups is 2. The third-order valence-electron chi connectivity index (χ3n) is 3.22. The zero-order valence-corrected chi connectivity index (χ0v) is 13.6. The fourth-order valence-corrected chi connectivity index (χ4v) is 2.15. The minimum Gasteiger partial charge on any atom is -0.468 e. The van der Waals surface area contributed by atoms with Crippen molar-refractivity contribution in [3.8, 4) is 0 Å². The Bertz CT molecular complexity index is 455. The van der Waals surface area contributed by atoms with Crippen molar-refractivity contribution in [2.45, 2.75) is 33.1 Å². The standard InChI is InChI=1S/C17H25NO4/c1-4-11-18(12-5-2)22-17(20)15(16(19)21-3)13-14-9-7-6-8-10-14/h6-10,15H,4-5,11-13H2,1-3H3. The Morgan fingerprint density at radius 1 is 1.05 bits per heavy atom. The van der Waals surface area contributed by atoms with Gasteiger partial charge in [0.15, 0.2) is 5.92 Å². The molecule has 1 rings (SSSR count). The monoisotopic (exact) mass is 307 g/mol. The summed E-state index contributed by atoms with van der Waals surface area (Å²) in [7, 11) is 1.28. The van der Waals surface area contributed by atoms with Gasteiger partial charge in [0.2, 0.25) is 0 Å². The predicted molar refractivity (Wildman–Crippen MR) is 83.9 cm³/mol. The Kier molecular flexibility index (Phi) is 8.22. The molecule has 0 saturated carbocycles. The van der Waals surface area contributed by atoms with Crippen LogP contribution in [0.3, 0.4) is 0 Å². The van der Waals surface area contributed by atoms with Gasteiger partial charge in [-0.15, -0.1) is 5.06 Å². The second kappa shape index (κ2) is 9.95. The van der Waals surface area contributed by atoms with E-state index in [4.69, 9.17) is 9.57 Å². The molecule has 0 fully saturated rings. The van der Waals surface area contributed by atoms with Crippen molar-refractivity contribution in [2.24, 2.45) is 5.92 Å². The Labute approximate surface area is 132 Å². The molecule has 0 amide bonds. The average Bonchev–Trinajstić information content (AvgIpc) is 2.53. The van der Waals surface area contributed by atoms with Gasteiger partial charge in [-0.05, 0) is 24.8 Å². The van der Waals surface area contributed by atoms with E-state index in [-0.39, 0.29) is 6.42 Å². The van der Waals surface area contributed by atoms with Crippen LogP contribution in [0.4, 0.5) is 0 Å². The summed E-state index contributed by atoms with van der Waals surface area (Å²) in [6.45, 7) is 5.33. The lowest BCUT2D eigenvalue weighted by Crippen LogP contribution is -2.36. The van der Waals surface area contributed by atoms with E-state index < -0.39 is 17.9 Å². The average molecular weight is 307 g/mol. The number of hydrogen-bond acceptors (Lipinski definition) is 5. The largest absolute Gasteiger partial charge is 0.468 e. The lowest BCUT2D eigenvalue weighted by molar-refractivity contribution is -0.198. The summed E-state index contributed by atoms with van der Waals surface area (Å²) in [5, 5.41) is 1.61. The number of rotatable bonds is 9. The first kappa shape index (κ1) is 18.2. The molecule has 5 heteroatoms. The zero-order valence-electron chi connectivity index (χ0n) is 13.6. The van der Waals surface area contributed by atoms with Crippen molar-refractivity contribution in [1.29, 1.82) is 0 Å². The van der Waals surface area contributed by atoms with Crippen LogP contribution >= 0.6 is 0 Å². The van der Waals surface area contributed by atoms with E-state index in [0.29, 0.717) is 13.1 Å². The van der Waals surface area contributed by atoms with Crippen LogP contribution in [-0.4, -0.2) is 37.2 Å². The molecule has 5 nitrogen and oxygen atoms in total. The van der Waals surface area contributed by atoms with Gasteiger partial charge in [-0.3, -0.25) is 4.79 Å². The molecule has 0 aliphatic heterocycles. The van der Waals surface area contributed by atoms with E-state index >= 15 is 0 Å². The Morgan fingerprint density at radius 2 is 1.64 bits per heavy atom. The molecule has 1 aromatic carbocycles. The van der Waals surface area contributed by atoms with Gasteiger partial charge in [0, 0.05) is 13.1 Å². The minimum atomic E-state index is -0.941. The lowest BCUT2D eigenvalue weighted by atomic mass is 10.00. The third-order valence-corrected chi connectivity index (χ3v) is 3.22. The van der Waals surface area contributed by atoms with Crippen molar-refractivity contribution in [3.05, 3.63) is 35.9 Å². The van der Waals surface area contributed by atoms with Crippen molar-refractivity contribution in [3.63, 3.8) is 0 Å². The number of benzene rings is 1. The molecule has 0 aliphatic carbocycles. The molecule has 0 aliphatic rings. The Morgan fingerprint density at radius 3 is 2.14 bits per heavy atom. The van der Waals surface area contributed by atoms with Gasteiger partial charge in [0.1, 0.15) is 0 Å². The summed E-state index contributed by atoms with van der Waals surface area (Å²) in [5.41, 5.74) is 0.896. The van der Waals surface area contributed by atoms with Gasteiger partial charge in [0.05, 0.1) is 7.11 Å². The number of ether oxygens (including phenoxy) is 1. The molecule has 0 heterocycles. The van der Waals surface area contributed by atoms with Crippen LogP contribution < -0.4 is 0 Å². The minimum absolute atomic E-state index is 0.276. The quantitative estimate of drug-likeness (QED) is 0.399. The van der Waals surface area contributed by atoms with Gasteiger partial charge in [-0.25, -0.2) is 4.79 Å². The molecule has 0 radical (unpaired) electrons. The second-order valence-electron chi connectivity index (χ2n) is 5.10. The maximum Gasteiger partial charge on any atom is 0.339 e. The maximum absolute atomic E-state index is 12.3. The molecule has 0 N–H and O–H groups in total. The first-order valence-corrected chi connectivity index (χ1v) is 7.70. The molecule has 122 valence electrons. The van der Waals surface area contributed by atoms with E-state index in [9.17, 15) is 9.59 Å². The van der Waals surface area contributed by atoms with E-state index in [2.05, 4.69) is 0 Å². The van der Waals surface area contributed by atoms with Crippen molar-refractivity contribution < 1.29 is 19.2 Å². The molecule has 22 heavy (non-hydrogen) atoms. The summed E-state index contributed by atoms with van der Waals surface area (Å²) in [5.74, 6) is -2.07. The molecule has 0 spiro atoms. The summed E-state index contributed by atoms with van der Waals surface area (Å²) >= 11 is 0. The fourth-order valence-electron chi connectivity index (χ4n) is 2.15. The second-order valence-corrected chi connectivity index (χ2v) is 5.10. The summed E-state index contributed by atoms with van der Waals surface area (Å²) in [6, 6.07) is 9.38. The van der Waals surface area contributed by atoms with E-state index in [1.165, 1.54) is 7.11 Å². The van der Waals surface area contributed by atoms with Crippen LogP contribution in [0.2, 0.25) is 0 Å². The van der Waals surface area contributed by atoms with Gasteiger partial charge in [-0.1, -0.05) is 44.2 Å². The topological polar surface area (TPSA) is 55.8 Å². The third kappa shape index (κ3) is 5.85. The normalized spacial score (nSPS) is 12.0. The molecule has 1 aromatic rings. The van der Waals surface area contributed by atoms with Gasteiger partial charge in [-0.2, -0.15) is 0 Å². The Hall–Kier alpha value is -1.88. The van der Waals surface area contributed by atoms with Crippen molar-refractivity contribution in [1.82, 2.24) is 5.06 Å².